The summed E-state index contributed by atoms with van der Waals surface area (Å²) in [6.07, 6.45) is 3.06. The molecule has 0 spiro atoms. The number of hydrogen-bond acceptors (Lipinski definition) is 4. The number of nitrogens with zero attached hydrogens (tertiary/aromatic N) is 1. The van der Waals surface area contributed by atoms with Crippen LogP contribution >= 0.6 is 0 Å². The fourth-order valence-corrected chi connectivity index (χ4v) is 6.29. The lowest BCUT2D eigenvalue weighted by molar-refractivity contribution is 0.210. The van der Waals surface area contributed by atoms with Gasteiger partial charge in [0, 0.05) is 29.6 Å². The Kier molecular flexibility index (Phi) is 4.85. The van der Waals surface area contributed by atoms with Gasteiger partial charge in [0.2, 0.25) is 10.0 Å². The Morgan fingerprint density at radius 1 is 1.13 bits per heavy atom. The van der Waals surface area contributed by atoms with Crippen molar-refractivity contribution in [2.45, 2.75) is 43.2 Å². The van der Waals surface area contributed by atoms with Gasteiger partial charge in [-0.05, 0) is 62.1 Å². The molecule has 5 rings (SSSR count). The summed E-state index contributed by atoms with van der Waals surface area (Å²) < 4.78 is 28.7. The van der Waals surface area contributed by atoms with Crippen molar-refractivity contribution in [1.82, 2.24) is 4.31 Å². The van der Waals surface area contributed by atoms with Gasteiger partial charge < -0.3 is 10.4 Å². The van der Waals surface area contributed by atoms with Crippen LogP contribution in [0.4, 0.5) is 5.69 Å². The third kappa shape index (κ3) is 3.41. The van der Waals surface area contributed by atoms with Gasteiger partial charge >= 0.3 is 0 Å². The minimum atomic E-state index is -3.64. The van der Waals surface area contributed by atoms with E-state index in [9.17, 15) is 13.5 Å². The van der Waals surface area contributed by atoms with Crippen molar-refractivity contribution in [1.29, 1.82) is 0 Å². The summed E-state index contributed by atoms with van der Waals surface area (Å²) in [4.78, 5) is 0.319. The monoisotopic (exact) mass is 422 g/mol. The number of hydrogen-bond donors (Lipinski definition) is 2. The van der Waals surface area contributed by atoms with E-state index >= 15 is 0 Å². The molecule has 5 nitrogen and oxygen atoms in total. The summed E-state index contributed by atoms with van der Waals surface area (Å²) in [5.74, 6) is 7.08. The van der Waals surface area contributed by atoms with Gasteiger partial charge in [-0.25, -0.2) is 8.42 Å². The van der Waals surface area contributed by atoms with Crippen molar-refractivity contribution in [3.8, 4) is 11.8 Å². The van der Waals surface area contributed by atoms with Gasteiger partial charge in [-0.2, -0.15) is 4.31 Å². The molecule has 2 aliphatic heterocycles. The fourth-order valence-electron chi connectivity index (χ4n) is 4.63. The highest BCUT2D eigenvalue weighted by Gasteiger charge is 2.48. The smallest absolute Gasteiger partial charge is 0.243 e. The number of nitrogens with one attached hydrogen (secondary N) is 1. The molecule has 30 heavy (non-hydrogen) atoms. The Morgan fingerprint density at radius 3 is 2.60 bits per heavy atom. The average molecular weight is 423 g/mol. The van der Waals surface area contributed by atoms with Crippen LogP contribution in [0.2, 0.25) is 0 Å². The van der Waals surface area contributed by atoms with Crippen molar-refractivity contribution in [3.63, 3.8) is 0 Å². The number of fused-ring (bicyclic) bond motifs is 3. The standard InChI is InChI=1S/C24H26N2O3S/c1-16-2-9-19(10-3-16)30(28,29)26-13-12-20-23(15-27)25-22-11-8-18(7-6-17-4-5-17)14-21(22)24(20)26/h2-3,8-11,14,17,20,23-25,27H,4-5,12-13,15H2,1H3/t20-,23+,24-/m1/s1. The molecule has 1 saturated heterocycles. The Hall–Kier alpha value is -2.33. The molecule has 0 unspecified atom stereocenters. The molecule has 2 aromatic carbocycles. The number of aryl methyl sites for hydroxylation is 1. The van der Waals surface area contributed by atoms with Gasteiger partial charge in [-0.1, -0.05) is 29.5 Å². The number of benzene rings is 2. The van der Waals surface area contributed by atoms with Gasteiger partial charge in [-0.3, -0.25) is 0 Å². The molecule has 1 aliphatic carbocycles. The van der Waals surface area contributed by atoms with E-state index in [1.807, 2.05) is 37.3 Å². The Morgan fingerprint density at radius 2 is 1.90 bits per heavy atom. The van der Waals surface area contributed by atoms with Gasteiger partial charge in [0.15, 0.2) is 0 Å². The number of anilines is 1. The van der Waals surface area contributed by atoms with Gasteiger partial charge in [0.05, 0.1) is 23.6 Å². The van der Waals surface area contributed by atoms with Crippen LogP contribution in [-0.4, -0.2) is 37.0 Å². The molecule has 3 atom stereocenters. The quantitative estimate of drug-likeness (QED) is 0.745. The van der Waals surface area contributed by atoms with E-state index in [1.54, 1.807) is 16.4 Å². The summed E-state index contributed by atoms with van der Waals surface area (Å²) in [5, 5.41) is 13.4. The molecular weight excluding hydrogens is 396 g/mol. The first-order valence-electron chi connectivity index (χ1n) is 10.6. The third-order valence-corrected chi connectivity index (χ3v) is 8.34. The van der Waals surface area contributed by atoms with Crippen LogP contribution in [0.25, 0.3) is 0 Å². The molecular formula is C24H26N2O3S. The van der Waals surface area contributed by atoms with Crippen molar-refractivity contribution < 1.29 is 13.5 Å². The first kappa shape index (κ1) is 19.6. The number of rotatable bonds is 3. The molecule has 2 heterocycles. The zero-order valence-electron chi connectivity index (χ0n) is 17.0. The van der Waals surface area contributed by atoms with Crippen LogP contribution in [0.3, 0.4) is 0 Å². The molecule has 0 amide bonds. The molecule has 2 aromatic rings. The normalized spacial score (nSPS) is 25.6. The summed E-state index contributed by atoms with van der Waals surface area (Å²) in [6.45, 7) is 2.37. The maximum Gasteiger partial charge on any atom is 0.243 e. The zero-order chi connectivity index (χ0) is 20.9. The lowest BCUT2D eigenvalue weighted by Crippen LogP contribution is -2.42. The minimum absolute atomic E-state index is 0.0226. The maximum atomic E-state index is 13.5. The van der Waals surface area contributed by atoms with Crippen LogP contribution in [0, 0.1) is 30.6 Å². The van der Waals surface area contributed by atoms with Crippen LogP contribution < -0.4 is 5.32 Å². The molecule has 1 saturated carbocycles. The fraction of sp³-hybridized carbons (Fsp3) is 0.417. The summed E-state index contributed by atoms with van der Waals surface area (Å²) >= 11 is 0. The van der Waals surface area contributed by atoms with E-state index in [2.05, 4.69) is 17.2 Å². The second-order valence-corrected chi connectivity index (χ2v) is 10.5. The van der Waals surface area contributed by atoms with E-state index in [4.69, 9.17) is 0 Å². The molecule has 0 bridgehead atoms. The van der Waals surface area contributed by atoms with Crippen LogP contribution in [0.15, 0.2) is 47.4 Å². The van der Waals surface area contributed by atoms with Gasteiger partial charge in [0.1, 0.15) is 0 Å². The van der Waals surface area contributed by atoms with E-state index in [-0.39, 0.29) is 24.6 Å². The van der Waals surface area contributed by atoms with E-state index in [0.29, 0.717) is 23.8 Å². The van der Waals surface area contributed by atoms with Crippen LogP contribution in [0.5, 0.6) is 0 Å². The predicted molar refractivity (Wildman–Crippen MR) is 116 cm³/mol. The Labute approximate surface area is 178 Å². The summed E-state index contributed by atoms with van der Waals surface area (Å²) in [6, 6.07) is 12.5. The molecule has 0 aromatic heterocycles. The van der Waals surface area contributed by atoms with Crippen molar-refractivity contribution in [2.24, 2.45) is 11.8 Å². The van der Waals surface area contributed by atoms with Gasteiger partial charge in [0.25, 0.3) is 0 Å². The summed E-state index contributed by atoms with van der Waals surface area (Å²) in [5.41, 5.74) is 3.79. The minimum Gasteiger partial charge on any atom is -0.394 e. The van der Waals surface area contributed by atoms with Crippen molar-refractivity contribution in [3.05, 3.63) is 59.2 Å². The van der Waals surface area contributed by atoms with Crippen molar-refractivity contribution in [2.75, 3.05) is 18.5 Å². The molecule has 156 valence electrons. The maximum absolute atomic E-state index is 13.5. The van der Waals surface area contributed by atoms with Crippen LogP contribution in [0.1, 0.15) is 42.0 Å². The van der Waals surface area contributed by atoms with Crippen molar-refractivity contribution >= 4 is 15.7 Å². The molecule has 3 aliphatic rings. The highest BCUT2D eigenvalue weighted by molar-refractivity contribution is 7.89. The van der Waals surface area contributed by atoms with E-state index < -0.39 is 10.0 Å². The van der Waals surface area contributed by atoms with E-state index in [0.717, 1.165) is 22.4 Å². The zero-order valence-corrected chi connectivity index (χ0v) is 17.8. The number of aliphatic hydroxyl groups is 1. The highest BCUT2D eigenvalue weighted by Crippen LogP contribution is 2.48. The molecule has 2 N–H and O–H groups in total. The van der Waals surface area contributed by atoms with Crippen LogP contribution in [-0.2, 0) is 10.0 Å². The second-order valence-electron chi connectivity index (χ2n) is 8.61. The first-order valence-corrected chi connectivity index (χ1v) is 12.0. The molecule has 6 heteroatoms. The first-order chi connectivity index (χ1) is 14.5. The SMILES string of the molecule is Cc1ccc(S(=O)(=O)N2CC[C@@H]3[C@H](CO)Nc4ccc(C#CC5CC5)cc4[C@@H]32)cc1. The Bertz CT molecular complexity index is 1130. The molecule has 2 fully saturated rings. The largest absolute Gasteiger partial charge is 0.394 e. The average Bonchev–Trinajstić information content (AvgIpc) is 3.46. The lowest BCUT2D eigenvalue weighted by Gasteiger charge is -2.38. The number of aliphatic hydroxyl groups excluding tert-OH is 1. The van der Waals surface area contributed by atoms with Gasteiger partial charge in [-0.15, -0.1) is 0 Å². The Balaban J connectivity index is 1.57. The third-order valence-electron chi connectivity index (χ3n) is 6.45. The lowest BCUT2D eigenvalue weighted by atomic mass is 9.83. The molecule has 0 radical (unpaired) electrons. The summed E-state index contributed by atoms with van der Waals surface area (Å²) in [7, 11) is -3.64. The van der Waals surface area contributed by atoms with E-state index in [1.165, 1.54) is 12.8 Å². The number of sulfonamides is 1. The highest BCUT2D eigenvalue weighted by atomic mass is 32.2. The second kappa shape index (κ2) is 7.42. The predicted octanol–water partition coefficient (Wildman–Crippen LogP) is 3.29. The topological polar surface area (TPSA) is 69.6 Å².